The zero-order valence-corrected chi connectivity index (χ0v) is 13.1. The van der Waals surface area contributed by atoms with Crippen LogP contribution < -0.4 is 5.32 Å². The van der Waals surface area contributed by atoms with Crippen molar-refractivity contribution in [3.8, 4) is 0 Å². The van der Waals surface area contributed by atoms with Crippen molar-refractivity contribution in [3.63, 3.8) is 0 Å². The quantitative estimate of drug-likeness (QED) is 0.817. The molecule has 1 unspecified atom stereocenters. The van der Waals surface area contributed by atoms with Crippen molar-refractivity contribution in [3.05, 3.63) is 58.3 Å². The van der Waals surface area contributed by atoms with Crippen LogP contribution in [0.1, 0.15) is 49.1 Å². The lowest BCUT2D eigenvalue weighted by molar-refractivity contribution is 0.243. The van der Waals surface area contributed by atoms with Crippen LogP contribution in [0.2, 0.25) is 0 Å². The molecule has 1 atom stereocenters. The van der Waals surface area contributed by atoms with E-state index in [9.17, 15) is 0 Å². The Hall–Kier alpha value is -1.12. The molecular formula is C18H23NS. The van der Waals surface area contributed by atoms with Gasteiger partial charge in [0, 0.05) is 17.0 Å². The summed E-state index contributed by atoms with van der Waals surface area (Å²) in [5.41, 5.74) is 1.50. The first kappa shape index (κ1) is 13.8. The van der Waals surface area contributed by atoms with Gasteiger partial charge in [-0.3, -0.25) is 0 Å². The van der Waals surface area contributed by atoms with Crippen LogP contribution in [0.25, 0.3) is 0 Å². The Balaban J connectivity index is 1.57. The summed E-state index contributed by atoms with van der Waals surface area (Å²) in [6.45, 7) is 4.62. The molecule has 0 radical (unpaired) electrons. The summed E-state index contributed by atoms with van der Waals surface area (Å²) in [6.07, 6.45) is 2.55. The van der Waals surface area contributed by atoms with Gasteiger partial charge in [0.15, 0.2) is 0 Å². The molecule has 1 heterocycles. The molecule has 1 aromatic carbocycles. The van der Waals surface area contributed by atoms with E-state index in [1.807, 2.05) is 11.3 Å². The van der Waals surface area contributed by atoms with Crippen LogP contribution in [0.4, 0.5) is 0 Å². The van der Waals surface area contributed by atoms with E-state index in [0.29, 0.717) is 18.0 Å². The Bertz CT molecular complexity index is 512. The minimum absolute atomic E-state index is 0.511. The van der Waals surface area contributed by atoms with Gasteiger partial charge in [-0.2, -0.15) is 0 Å². The monoisotopic (exact) mass is 285 g/mol. The van der Waals surface area contributed by atoms with Gasteiger partial charge < -0.3 is 5.32 Å². The van der Waals surface area contributed by atoms with Gasteiger partial charge in [0.05, 0.1) is 0 Å². The smallest absolute Gasteiger partial charge is 0.0440 e. The van der Waals surface area contributed by atoms with Crippen molar-refractivity contribution in [2.24, 2.45) is 5.92 Å². The van der Waals surface area contributed by atoms with E-state index >= 15 is 0 Å². The van der Waals surface area contributed by atoms with Gasteiger partial charge in [0.2, 0.25) is 0 Å². The summed E-state index contributed by atoms with van der Waals surface area (Å²) < 4.78 is 0. The molecule has 2 aromatic rings. The molecule has 1 aliphatic rings. The lowest BCUT2D eigenvalue weighted by Gasteiger charge is -2.39. The van der Waals surface area contributed by atoms with Gasteiger partial charge in [-0.1, -0.05) is 50.2 Å². The van der Waals surface area contributed by atoms with Crippen molar-refractivity contribution in [2.75, 3.05) is 0 Å². The van der Waals surface area contributed by atoms with Gasteiger partial charge in [-0.25, -0.2) is 0 Å². The number of rotatable bonds is 5. The second-order valence-corrected chi connectivity index (χ2v) is 7.16. The van der Waals surface area contributed by atoms with Crippen molar-refractivity contribution in [2.45, 2.75) is 44.7 Å². The van der Waals surface area contributed by atoms with Gasteiger partial charge in [-0.15, -0.1) is 11.3 Å². The van der Waals surface area contributed by atoms with E-state index in [4.69, 9.17) is 0 Å². The van der Waals surface area contributed by atoms with Crippen LogP contribution in [-0.2, 0) is 0 Å². The van der Waals surface area contributed by atoms with Gasteiger partial charge in [0.25, 0.3) is 0 Å². The fourth-order valence-corrected chi connectivity index (χ4v) is 4.03. The maximum absolute atomic E-state index is 3.87. The first-order chi connectivity index (χ1) is 9.74. The van der Waals surface area contributed by atoms with E-state index in [1.54, 1.807) is 0 Å². The standard InChI is InChI=1S/C18H23NS/c1-13(2)18(17-9-6-10-20-17)19-16-11-15(12-16)14-7-4-3-5-8-14/h3-10,13,15-16,18-19H,11-12H2,1-2H3. The Kier molecular flexibility index (Phi) is 4.23. The predicted octanol–water partition coefficient (Wildman–Crippen LogP) is 4.98. The number of nitrogens with one attached hydrogen (secondary N) is 1. The van der Waals surface area contributed by atoms with Gasteiger partial charge in [0.1, 0.15) is 0 Å². The predicted molar refractivity (Wildman–Crippen MR) is 87.2 cm³/mol. The Morgan fingerprint density at radius 2 is 1.80 bits per heavy atom. The summed E-state index contributed by atoms with van der Waals surface area (Å²) in [6, 6.07) is 16.5. The van der Waals surface area contributed by atoms with Crippen molar-refractivity contribution in [1.82, 2.24) is 5.32 Å². The third kappa shape index (κ3) is 2.97. The first-order valence-corrected chi connectivity index (χ1v) is 8.46. The van der Waals surface area contributed by atoms with Gasteiger partial charge in [-0.05, 0) is 41.7 Å². The summed E-state index contributed by atoms with van der Waals surface area (Å²) in [4.78, 5) is 1.48. The molecular weight excluding hydrogens is 262 g/mol. The summed E-state index contributed by atoms with van der Waals surface area (Å²) in [7, 11) is 0. The Morgan fingerprint density at radius 3 is 2.40 bits per heavy atom. The third-order valence-corrected chi connectivity index (χ3v) is 5.30. The van der Waals surface area contributed by atoms with E-state index in [-0.39, 0.29) is 0 Å². The van der Waals surface area contributed by atoms with Crippen LogP contribution in [0.15, 0.2) is 47.8 Å². The number of hydrogen-bond donors (Lipinski definition) is 1. The Morgan fingerprint density at radius 1 is 1.05 bits per heavy atom. The normalized spacial score (nSPS) is 23.6. The molecule has 1 aromatic heterocycles. The van der Waals surface area contributed by atoms with Crippen LogP contribution >= 0.6 is 11.3 Å². The molecule has 106 valence electrons. The molecule has 0 amide bonds. The zero-order valence-electron chi connectivity index (χ0n) is 12.3. The lowest BCUT2D eigenvalue weighted by atomic mass is 9.75. The Labute approximate surface area is 126 Å². The second-order valence-electron chi connectivity index (χ2n) is 6.18. The van der Waals surface area contributed by atoms with Crippen LogP contribution in [0, 0.1) is 5.92 Å². The van der Waals surface area contributed by atoms with Crippen molar-refractivity contribution < 1.29 is 0 Å². The average Bonchev–Trinajstić information content (AvgIpc) is 2.91. The number of hydrogen-bond acceptors (Lipinski definition) is 2. The molecule has 0 saturated heterocycles. The SMILES string of the molecule is CC(C)C(NC1CC(c2ccccc2)C1)c1cccs1. The average molecular weight is 285 g/mol. The third-order valence-electron chi connectivity index (χ3n) is 4.34. The number of benzene rings is 1. The largest absolute Gasteiger partial charge is 0.306 e. The van der Waals surface area contributed by atoms with Crippen LogP contribution in [-0.4, -0.2) is 6.04 Å². The molecule has 1 nitrogen and oxygen atoms in total. The maximum Gasteiger partial charge on any atom is 0.0440 e. The van der Waals surface area contributed by atoms with E-state index in [0.717, 1.165) is 5.92 Å². The van der Waals surface area contributed by atoms with Crippen LogP contribution in [0.5, 0.6) is 0 Å². The highest BCUT2D eigenvalue weighted by atomic mass is 32.1. The maximum atomic E-state index is 3.87. The number of thiophene rings is 1. The molecule has 3 rings (SSSR count). The summed E-state index contributed by atoms with van der Waals surface area (Å²) >= 11 is 1.87. The fraction of sp³-hybridized carbons (Fsp3) is 0.444. The van der Waals surface area contributed by atoms with E-state index in [2.05, 4.69) is 67.0 Å². The van der Waals surface area contributed by atoms with E-state index in [1.165, 1.54) is 23.3 Å². The molecule has 1 fully saturated rings. The lowest BCUT2D eigenvalue weighted by Crippen LogP contribution is -2.43. The summed E-state index contributed by atoms with van der Waals surface area (Å²) in [5.74, 6) is 1.40. The molecule has 0 bridgehead atoms. The topological polar surface area (TPSA) is 12.0 Å². The zero-order chi connectivity index (χ0) is 13.9. The highest BCUT2D eigenvalue weighted by molar-refractivity contribution is 7.10. The summed E-state index contributed by atoms with van der Waals surface area (Å²) in [5, 5.41) is 6.05. The molecule has 0 aliphatic heterocycles. The highest BCUT2D eigenvalue weighted by Crippen LogP contribution is 2.39. The van der Waals surface area contributed by atoms with Crippen molar-refractivity contribution in [1.29, 1.82) is 0 Å². The minimum Gasteiger partial charge on any atom is -0.306 e. The molecule has 1 saturated carbocycles. The first-order valence-electron chi connectivity index (χ1n) is 7.58. The van der Waals surface area contributed by atoms with E-state index < -0.39 is 0 Å². The van der Waals surface area contributed by atoms with Crippen molar-refractivity contribution >= 4 is 11.3 Å². The fourth-order valence-electron chi connectivity index (χ4n) is 3.08. The molecule has 20 heavy (non-hydrogen) atoms. The molecule has 1 aliphatic carbocycles. The molecule has 1 N–H and O–H groups in total. The highest BCUT2D eigenvalue weighted by Gasteiger charge is 2.32. The van der Waals surface area contributed by atoms with Gasteiger partial charge >= 0.3 is 0 Å². The molecule has 2 heteroatoms. The second kappa shape index (κ2) is 6.11. The van der Waals surface area contributed by atoms with Crippen LogP contribution in [0.3, 0.4) is 0 Å². The molecule has 0 spiro atoms. The minimum atomic E-state index is 0.511.